The number of unbranched alkanes of at least 4 members (excludes halogenated alkanes) is 1. The van der Waals surface area contributed by atoms with E-state index >= 15 is 0 Å². The van der Waals surface area contributed by atoms with E-state index in [0.717, 1.165) is 24.0 Å². The molecule has 0 N–H and O–H groups in total. The lowest BCUT2D eigenvalue weighted by Gasteiger charge is -2.31. The van der Waals surface area contributed by atoms with E-state index in [0.29, 0.717) is 41.1 Å². The summed E-state index contributed by atoms with van der Waals surface area (Å²) in [5, 5.41) is 0.518. The van der Waals surface area contributed by atoms with Gasteiger partial charge in [-0.25, -0.2) is 4.98 Å². The topological polar surface area (TPSA) is 64.4 Å². The maximum absolute atomic E-state index is 13.9. The van der Waals surface area contributed by atoms with Crippen LogP contribution in [0, 0.1) is 6.92 Å². The Hall–Kier alpha value is -3.93. The zero-order chi connectivity index (χ0) is 25.7. The number of fused-ring (bicyclic) bond motifs is 1. The molecule has 1 amide bonds. The van der Waals surface area contributed by atoms with Crippen molar-refractivity contribution in [3.8, 4) is 11.4 Å². The fourth-order valence-electron chi connectivity index (χ4n) is 4.47. The van der Waals surface area contributed by atoms with Gasteiger partial charge in [-0.3, -0.25) is 14.2 Å². The highest BCUT2D eigenvalue weighted by Gasteiger charge is 2.27. The first-order chi connectivity index (χ1) is 17.4. The van der Waals surface area contributed by atoms with Crippen molar-refractivity contribution in [2.45, 2.75) is 52.6 Å². The van der Waals surface area contributed by atoms with Gasteiger partial charge < -0.3 is 9.64 Å². The van der Waals surface area contributed by atoms with Crippen LogP contribution in [0.4, 0.5) is 0 Å². The number of nitrogens with zero attached hydrogens (tertiary/aromatic N) is 3. The average molecular weight is 484 g/mol. The second-order valence-corrected chi connectivity index (χ2v) is 9.09. The van der Waals surface area contributed by atoms with Crippen LogP contribution in [0.2, 0.25) is 0 Å². The summed E-state index contributed by atoms with van der Waals surface area (Å²) in [6, 6.07) is 22.5. The van der Waals surface area contributed by atoms with Gasteiger partial charge in [0.2, 0.25) is 5.91 Å². The Morgan fingerprint density at radius 1 is 1.06 bits per heavy atom. The molecule has 0 aliphatic rings. The van der Waals surface area contributed by atoms with E-state index in [1.807, 2.05) is 85.5 Å². The first-order valence-electron chi connectivity index (χ1n) is 12.4. The number of amides is 1. The minimum atomic E-state index is -0.461. The first-order valence-corrected chi connectivity index (χ1v) is 12.4. The Kier molecular flexibility index (Phi) is 7.84. The van der Waals surface area contributed by atoms with Gasteiger partial charge in [-0.1, -0.05) is 61.9 Å². The third-order valence-electron chi connectivity index (χ3n) is 6.48. The highest BCUT2D eigenvalue weighted by Crippen LogP contribution is 2.29. The Balaban J connectivity index is 1.93. The molecule has 0 bridgehead atoms. The molecule has 0 aliphatic carbocycles. The van der Waals surface area contributed by atoms with Crippen molar-refractivity contribution in [2.24, 2.45) is 0 Å². The van der Waals surface area contributed by atoms with Gasteiger partial charge in [0.15, 0.2) is 0 Å². The van der Waals surface area contributed by atoms with E-state index in [9.17, 15) is 9.59 Å². The standard InChI is InChI=1S/C30H33N3O3/c1-5-6-16-28(34)32(20-23-12-8-7-9-13-23)22(3)29-31-25-15-11-10-14-24(25)30(35)33(29)26-19-21(2)17-18-27(26)36-4/h7-15,17-19,22H,5-6,16,20H2,1-4H3. The molecule has 6 nitrogen and oxygen atoms in total. The van der Waals surface area contributed by atoms with Crippen LogP contribution in [0.25, 0.3) is 16.6 Å². The Morgan fingerprint density at radius 3 is 2.50 bits per heavy atom. The molecule has 1 atom stereocenters. The highest BCUT2D eigenvalue weighted by molar-refractivity contribution is 5.79. The van der Waals surface area contributed by atoms with E-state index < -0.39 is 6.04 Å². The molecule has 0 spiro atoms. The third-order valence-corrected chi connectivity index (χ3v) is 6.48. The van der Waals surface area contributed by atoms with E-state index in [-0.39, 0.29) is 11.5 Å². The number of aromatic nitrogens is 2. The molecule has 1 aromatic heterocycles. The smallest absolute Gasteiger partial charge is 0.266 e. The van der Waals surface area contributed by atoms with Crippen LogP contribution in [-0.2, 0) is 11.3 Å². The maximum Gasteiger partial charge on any atom is 0.266 e. The van der Waals surface area contributed by atoms with Gasteiger partial charge in [-0.05, 0) is 55.7 Å². The Morgan fingerprint density at radius 2 is 1.78 bits per heavy atom. The molecular formula is C30H33N3O3. The van der Waals surface area contributed by atoms with Crippen molar-refractivity contribution in [1.29, 1.82) is 0 Å². The summed E-state index contributed by atoms with van der Waals surface area (Å²) in [6.45, 7) is 6.42. The molecule has 1 unspecified atom stereocenters. The zero-order valence-corrected chi connectivity index (χ0v) is 21.4. The van der Waals surface area contributed by atoms with Crippen molar-refractivity contribution < 1.29 is 9.53 Å². The maximum atomic E-state index is 13.9. The van der Waals surface area contributed by atoms with Crippen LogP contribution < -0.4 is 10.3 Å². The number of benzene rings is 3. The van der Waals surface area contributed by atoms with E-state index in [4.69, 9.17) is 9.72 Å². The molecule has 4 rings (SSSR count). The second-order valence-electron chi connectivity index (χ2n) is 9.09. The summed E-state index contributed by atoms with van der Waals surface area (Å²) < 4.78 is 7.26. The van der Waals surface area contributed by atoms with Crippen LogP contribution in [0.3, 0.4) is 0 Å². The van der Waals surface area contributed by atoms with Crippen molar-refractivity contribution in [3.05, 3.63) is 100 Å². The fourth-order valence-corrected chi connectivity index (χ4v) is 4.47. The molecule has 3 aromatic carbocycles. The molecule has 1 heterocycles. The van der Waals surface area contributed by atoms with Gasteiger partial charge in [-0.15, -0.1) is 0 Å². The first kappa shape index (κ1) is 25.2. The van der Waals surface area contributed by atoms with Gasteiger partial charge >= 0.3 is 0 Å². The lowest BCUT2D eigenvalue weighted by atomic mass is 10.1. The number of hydrogen-bond donors (Lipinski definition) is 0. The van der Waals surface area contributed by atoms with Crippen LogP contribution in [0.5, 0.6) is 5.75 Å². The predicted octanol–water partition coefficient (Wildman–Crippen LogP) is 5.98. The summed E-state index contributed by atoms with van der Waals surface area (Å²) in [4.78, 5) is 34.2. The lowest BCUT2D eigenvalue weighted by Crippen LogP contribution is -2.37. The molecule has 36 heavy (non-hydrogen) atoms. The Labute approximate surface area is 212 Å². The summed E-state index contributed by atoms with van der Waals surface area (Å²) >= 11 is 0. The van der Waals surface area contributed by atoms with Crippen molar-refractivity contribution >= 4 is 16.8 Å². The largest absolute Gasteiger partial charge is 0.495 e. The number of hydrogen-bond acceptors (Lipinski definition) is 4. The fraction of sp³-hybridized carbons (Fsp3) is 0.300. The number of rotatable bonds is 9. The highest BCUT2D eigenvalue weighted by atomic mass is 16.5. The van der Waals surface area contributed by atoms with Crippen LogP contribution in [-0.4, -0.2) is 27.5 Å². The number of methoxy groups -OCH3 is 1. The number of ether oxygens (including phenoxy) is 1. The normalized spacial score (nSPS) is 11.9. The van der Waals surface area contributed by atoms with Crippen LogP contribution in [0.1, 0.15) is 56.1 Å². The van der Waals surface area contributed by atoms with Crippen LogP contribution >= 0.6 is 0 Å². The summed E-state index contributed by atoms with van der Waals surface area (Å²) in [5.74, 6) is 1.11. The molecule has 0 saturated carbocycles. The summed E-state index contributed by atoms with van der Waals surface area (Å²) in [5.41, 5.74) is 3.05. The number of para-hydroxylation sites is 1. The minimum Gasteiger partial charge on any atom is -0.495 e. The van der Waals surface area contributed by atoms with E-state index in [2.05, 4.69) is 6.92 Å². The van der Waals surface area contributed by atoms with Gasteiger partial charge in [0, 0.05) is 13.0 Å². The minimum absolute atomic E-state index is 0.0402. The molecular weight excluding hydrogens is 450 g/mol. The second kappa shape index (κ2) is 11.2. The van der Waals surface area contributed by atoms with E-state index in [1.165, 1.54) is 0 Å². The van der Waals surface area contributed by atoms with E-state index in [1.54, 1.807) is 17.7 Å². The zero-order valence-electron chi connectivity index (χ0n) is 21.4. The molecule has 0 fully saturated rings. The molecule has 6 heteroatoms. The number of aryl methyl sites for hydroxylation is 1. The van der Waals surface area contributed by atoms with Crippen molar-refractivity contribution in [1.82, 2.24) is 14.5 Å². The number of carbonyl (C=O) groups is 1. The third kappa shape index (κ3) is 5.18. The van der Waals surface area contributed by atoms with Gasteiger partial charge in [0.1, 0.15) is 11.6 Å². The summed E-state index contributed by atoms with van der Waals surface area (Å²) in [7, 11) is 1.59. The molecule has 0 radical (unpaired) electrons. The molecule has 4 aromatic rings. The number of carbonyl (C=O) groups excluding carboxylic acids is 1. The predicted molar refractivity (Wildman–Crippen MR) is 144 cm³/mol. The molecule has 0 saturated heterocycles. The van der Waals surface area contributed by atoms with Crippen molar-refractivity contribution in [2.75, 3.05) is 7.11 Å². The van der Waals surface area contributed by atoms with Gasteiger partial charge in [-0.2, -0.15) is 0 Å². The SMILES string of the molecule is CCCCC(=O)N(Cc1ccccc1)C(C)c1nc2ccccc2c(=O)n1-c1cc(C)ccc1OC. The molecule has 0 aliphatic heterocycles. The lowest BCUT2D eigenvalue weighted by molar-refractivity contribution is -0.134. The van der Waals surface area contributed by atoms with Crippen molar-refractivity contribution in [3.63, 3.8) is 0 Å². The quantitative estimate of drug-likeness (QED) is 0.294. The van der Waals surface area contributed by atoms with Gasteiger partial charge in [0.25, 0.3) is 5.56 Å². The Bertz CT molecular complexity index is 1410. The molecule has 186 valence electrons. The summed E-state index contributed by atoms with van der Waals surface area (Å²) in [6.07, 6.45) is 2.18. The average Bonchev–Trinajstić information content (AvgIpc) is 2.90. The van der Waals surface area contributed by atoms with Crippen LogP contribution in [0.15, 0.2) is 77.6 Å². The monoisotopic (exact) mass is 483 g/mol. The van der Waals surface area contributed by atoms with Gasteiger partial charge in [0.05, 0.1) is 29.7 Å².